The van der Waals surface area contributed by atoms with Crippen molar-refractivity contribution >= 4 is 43.9 Å². The van der Waals surface area contributed by atoms with Crippen LogP contribution in [0.25, 0.3) is 56.0 Å². The van der Waals surface area contributed by atoms with Gasteiger partial charge in [-0.1, -0.05) is 31.2 Å². The molecule has 1 aliphatic rings. The van der Waals surface area contributed by atoms with E-state index in [-0.39, 0.29) is 52.2 Å². The smallest absolute Gasteiger partial charge is 0.387 e. The summed E-state index contributed by atoms with van der Waals surface area (Å²) in [5, 5.41) is 9.24. The zero-order valence-corrected chi connectivity index (χ0v) is 35.1. The molecule has 4 aromatic carbocycles. The number of nitrogens with zero attached hydrogens (tertiary/aromatic N) is 6. The minimum Gasteiger partial charge on any atom is -0.476 e. The van der Waals surface area contributed by atoms with Crippen molar-refractivity contribution in [2.24, 2.45) is 5.41 Å². The van der Waals surface area contributed by atoms with E-state index < -0.39 is 46.1 Å². The summed E-state index contributed by atoms with van der Waals surface area (Å²) >= 11 is 0. The molecule has 1 N–H and O–H groups in total. The number of carbonyl (C=O) groups excluding carboxylic acids is 1. The minimum atomic E-state index is -3.18. The molecule has 1 fully saturated rings. The summed E-state index contributed by atoms with van der Waals surface area (Å²) in [5.74, 6) is -2.53. The number of ketones is 1. The Labute approximate surface area is 370 Å². The molecule has 1 saturated heterocycles. The van der Waals surface area contributed by atoms with Crippen molar-refractivity contribution in [1.82, 2.24) is 29.1 Å². The fraction of sp³-hybridized carbons (Fsp3) is 0.174. The molecule has 1 atom stereocenters. The molecule has 13 nitrogen and oxygen atoms in total. The largest absolute Gasteiger partial charge is 0.476 e. The van der Waals surface area contributed by atoms with Crippen LogP contribution in [0, 0.1) is 17.0 Å². The number of carboxylic acid groups (broad SMARTS) is 1. The summed E-state index contributed by atoms with van der Waals surface area (Å²) in [6, 6.07) is 23.3. The Morgan fingerprint density at radius 2 is 1.17 bits per heavy atom. The van der Waals surface area contributed by atoms with Crippen LogP contribution in [0.2, 0.25) is 0 Å². The van der Waals surface area contributed by atoms with Crippen molar-refractivity contribution in [2.75, 3.05) is 11.5 Å². The predicted molar refractivity (Wildman–Crippen MR) is 229 cm³/mol. The highest BCUT2D eigenvalue weighted by atomic mass is 32.2. The molecule has 0 spiro atoms. The van der Waals surface area contributed by atoms with Crippen LogP contribution in [0.3, 0.4) is 0 Å². The molecule has 66 heavy (non-hydrogen) atoms. The lowest BCUT2D eigenvalue weighted by Crippen LogP contribution is -2.23. The van der Waals surface area contributed by atoms with E-state index >= 15 is 0 Å². The minimum absolute atomic E-state index is 0.00351. The highest BCUT2D eigenvalue weighted by Gasteiger charge is 2.40. The summed E-state index contributed by atoms with van der Waals surface area (Å²) in [5.41, 5.74) is 3.59. The highest BCUT2D eigenvalue weighted by Crippen LogP contribution is 2.38. The van der Waals surface area contributed by atoms with Gasteiger partial charge in [0.05, 0.1) is 23.9 Å². The quantitative estimate of drug-likeness (QED) is 0.0915. The van der Waals surface area contributed by atoms with Gasteiger partial charge in [0.25, 0.3) is 0 Å². The fourth-order valence-electron chi connectivity index (χ4n) is 7.61. The molecular weight excluding hydrogens is 895 g/mol. The number of halogens is 6. The highest BCUT2D eigenvalue weighted by molar-refractivity contribution is 7.91. The molecule has 5 heterocycles. The topological polar surface area (TPSA) is 168 Å². The first kappa shape index (κ1) is 45.0. The maximum absolute atomic E-state index is 13.6. The molecule has 9 rings (SSSR count). The van der Waals surface area contributed by atoms with Crippen molar-refractivity contribution in [3.8, 4) is 45.1 Å². The van der Waals surface area contributed by atoms with Gasteiger partial charge in [0.15, 0.2) is 32.6 Å². The molecule has 20 heteroatoms. The second kappa shape index (κ2) is 18.1. The van der Waals surface area contributed by atoms with Gasteiger partial charge < -0.3 is 14.6 Å². The molecule has 4 aromatic heterocycles. The van der Waals surface area contributed by atoms with Gasteiger partial charge in [-0.15, -0.1) is 0 Å². The van der Waals surface area contributed by atoms with Crippen LogP contribution in [0.1, 0.15) is 40.7 Å². The van der Waals surface area contributed by atoms with Crippen LogP contribution in [0.15, 0.2) is 122 Å². The van der Waals surface area contributed by atoms with Crippen LogP contribution in [-0.2, 0) is 9.84 Å². The zero-order valence-electron chi connectivity index (χ0n) is 34.3. The number of aromatic carboxylic acids is 1. The lowest BCUT2D eigenvalue weighted by Gasteiger charge is -2.20. The maximum atomic E-state index is 13.6. The number of Topliss-reactive ketones (excluding diaryl/α,β-unsaturated/α-hetero) is 1. The molecule has 8 aromatic rings. The van der Waals surface area contributed by atoms with Gasteiger partial charge in [-0.25, -0.2) is 41.9 Å². The molecule has 0 bridgehead atoms. The number of rotatable bonds is 12. The molecule has 0 amide bonds. The van der Waals surface area contributed by atoms with Crippen molar-refractivity contribution in [1.29, 1.82) is 0 Å². The molecule has 0 aliphatic carbocycles. The van der Waals surface area contributed by atoms with Crippen LogP contribution in [-0.4, -0.2) is 79.1 Å². The third kappa shape index (κ3) is 9.87. The number of sulfone groups is 1. The number of alkyl halides is 4. The number of ether oxygens (including phenoxy) is 2. The van der Waals surface area contributed by atoms with Crippen molar-refractivity contribution < 1.29 is 58.9 Å². The van der Waals surface area contributed by atoms with Gasteiger partial charge in [0.2, 0.25) is 0 Å². The van der Waals surface area contributed by atoms with Gasteiger partial charge >= 0.3 is 19.2 Å². The lowest BCUT2D eigenvalue weighted by molar-refractivity contribution is -0.0505. The number of hydrogen-bond acceptors (Lipinski definition) is 10. The first-order valence-corrected chi connectivity index (χ1v) is 21.6. The third-order valence-electron chi connectivity index (χ3n) is 10.6. The van der Waals surface area contributed by atoms with Crippen molar-refractivity contribution in [3.05, 3.63) is 145 Å². The fourth-order valence-corrected chi connectivity index (χ4v) is 9.87. The molecule has 0 unspecified atom stereocenters. The molecule has 338 valence electrons. The Morgan fingerprint density at radius 3 is 1.59 bits per heavy atom. The van der Waals surface area contributed by atoms with E-state index in [1.807, 2.05) is 0 Å². The third-order valence-corrected chi connectivity index (χ3v) is 12.6. The van der Waals surface area contributed by atoms with E-state index in [0.717, 1.165) is 6.20 Å². The van der Waals surface area contributed by atoms with E-state index in [2.05, 4.69) is 29.4 Å². The summed E-state index contributed by atoms with van der Waals surface area (Å²) in [6.45, 7) is -4.18. The zero-order chi connectivity index (χ0) is 46.9. The summed E-state index contributed by atoms with van der Waals surface area (Å²) in [4.78, 5) is 41.8. The van der Waals surface area contributed by atoms with E-state index in [1.165, 1.54) is 79.0 Å². The van der Waals surface area contributed by atoms with E-state index in [0.29, 0.717) is 56.7 Å². The van der Waals surface area contributed by atoms with E-state index in [9.17, 15) is 49.5 Å². The van der Waals surface area contributed by atoms with Crippen molar-refractivity contribution in [2.45, 2.75) is 33.0 Å². The molecule has 1 aliphatic heterocycles. The van der Waals surface area contributed by atoms with Gasteiger partial charge in [0.1, 0.15) is 39.9 Å². The standard InChI is InChI=1S/C26H22F3N3O4S.C20H12F3N3O3/c1-26(9-10-37(34,35)15-26)12-22(33)21-13-30-23-20(16-3-2-4-19(11-16)36-25(28)29)14-32(24(23)31-21)18-7-5-17(27)6-8-18;21-12-4-6-13(7-5-12)26-10-15(11-2-1-3-14(8-11)29-20(22)23)17-18(26)25-16(9-24-17)19(27)28/h2-8,11,13-14,25H,9-10,12,15H2,1H3;1-10,20H,(H,27,28)/t26-;/m1./s1. The first-order valence-electron chi connectivity index (χ1n) is 19.8. The normalized spacial score (nSPS) is 15.5. The Kier molecular flexibility index (Phi) is 12.3. The monoisotopic (exact) mass is 928 g/mol. The summed E-state index contributed by atoms with van der Waals surface area (Å²) in [7, 11) is -3.18. The molecule has 0 saturated carbocycles. The van der Waals surface area contributed by atoms with Crippen LogP contribution < -0.4 is 9.47 Å². The SMILES string of the molecule is C[C@]1(CC(=O)c2cnc3c(-c4cccc(OC(F)F)c4)cn(-c4ccc(F)cc4)c3n2)CCS(=O)(=O)C1.O=C(O)c1cnc2c(-c3cccc(OC(F)F)c3)cn(-c3ccc(F)cc3)c2n1. The number of carboxylic acids is 1. The predicted octanol–water partition coefficient (Wildman–Crippen LogP) is 9.75. The molecular formula is C46H34F6N6O7S. The maximum Gasteiger partial charge on any atom is 0.387 e. The number of hydrogen-bond donors (Lipinski definition) is 1. The second-order valence-electron chi connectivity index (χ2n) is 15.5. The number of benzene rings is 4. The van der Waals surface area contributed by atoms with Gasteiger partial charge in [0, 0.05) is 41.3 Å². The lowest BCUT2D eigenvalue weighted by atomic mass is 9.84. The summed E-state index contributed by atoms with van der Waals surface area (Å²) < 4.78 is 114. The first-order chi connectivity index (χ1) is 31.4. The Hall–Kier alpha value is -7.61. The van der Waals surface area contributed by atoms with Gasteiger partial charge in [-0.3, -0.25) is 13.9 Å². The average molecular weight is 929 g/mol. The van der Waals surface area contributed by atoms with Crippen LogP contribution in [0.5, 0.6) is 11.5 Å². The van der Waals surface area contributed by atoms with Crippen molar-refractivity contribution in [3.63, 3.8) is 0 Å². The van der Waals surface area contributed by atoms with Gasteiger partial charge in [-0.2, -0.15) is 17.6 Å². The summed E-state index contributed by atoms with van der Waals surface area (Å²) in [6.07, 6.45) is 6.15. The Bertz CT molecular complexity index is 3240. The van der Waals surface area contributed by atoms with Gasteiger partial charge in [-0.05, 0) is 95.8 Å². The van der Waals surface area contributed by atoms with E-state index in [1.54, 1.807) is 52.7 Å². The van der Waals surface area contributed by atoms with E-state index in [4.69, 9.17) is 0 Å². The second-order valence-corrected chi connectivity index (χ2v) is 17.7. The number of aromatic nitrogens is 6. The molecule has 0 radical (unpaired) electrons. The Morgan fingerprint density at radius 1 is 0.712 bits per heavy atom. The average Bonchev–Trinajstić information content (AvgIpc) is 3.94. The number of carbonyl (C=O) groups is 2. The Balaban J connectivity index is 0.000000185. The number of fused-ring (bicyclic) bond motifs is 2. The van der Waals surface area contributed by atoms with Crippen LogP contribution in [0.4, 0.5) is 26.3 Å². The van der Waals surface area contributed by atoms with Crippen LogP contribution >= 0.6 is 0 Å².